The quantitative estimate of drug-likeness (QED) is 0.446. The molecule has 3 heteroatoms. The molecule has 0 amide bonds. The second kappa shape index (κ2) is 9.09. The first-order chi connectivity index (χ1) is 18.1. The Bertz CT molecular complexity index is 1330. The van der Waals surface area contributed by atoms with Crippen molar-refractivity contribution in [2.75, 3.05) is 6.67 Å². The van der Waals surface area contributed by atoms with Crippen LogP contribution in [-0.4, -0.2) is 31.6 Å². The highest BCUT2D eigenvalue weighted by atomic mass is 28.3. The van der Waals surface area contributed by atoms with E-state index in [-0.39, 0.29) is 0 Å². The lowest BCUT2D eigenvalue weighted by Gasteiger charge is -2.46. The number of hydrogen-bond acceptors (Lipinski definition) is 2. The lowest BCUT2D eigenvalue weighted by Crippen LogP contribution is -2.57. The molecule has 2 aromatic carbocycles. The Kier molecular flexibility index (Phi) is 5.69. The van der Waals surface area contributed by atoms with Gasteiger partial charge in [0.25, 0.3) is 0 Å². The lowest BCUT2D eigenvalue weighted by atomic mass is 9.83. The maximum absolute atomic E-state index is 3.97. The molecule has 0 radical (unpaired) electrons. The standard InChI is InChI=1S/C34H36N2Si/c1-37(2,34-30-18-8-6-16-28(30)29-17-7-9-19-31(29)34)36-23-35-33-27(20-11-21-32(33)36)26-15-10-14-25(22-26)24-12-4-3-5-13-24/h3-22,28-35H,23H2,1-2H3/t28?,29?,30?,31?,32-,33?,34?/m1/s1. The fourth-order valence-electron chi connectivity index (χ4n) is 8.02. The second-order valence-electron chi connectivity index (χ2n) is 11.8. The average Bonchev–Trinajstić information content (AvgIpc) is 3.54. The fraction of sp³-hybridized carbons (Fsp3) is 0.294. The van der Waals surface area contributed by atoms with E-state index in [1.807, 2.05) is 0 Å². The first-order valence-electron chi connectivity index (χ1n) is 13.9. The number of benzene rings is 2. The van der Waals surface area contributed by atoms with Crippen LogP contribution in [0.2, 0.25) is 18.6 Å². The van der Waals surface area contributed by atoms with Crippen molar-refractivity contribution in [2.45, 2.75) is 30.7 Å². The predicted octanol–water partition coefficient (Wildman–Crippen LogP) is 7.21. The molecule has 1 saturated carbocycles. The highest BCUT2D eigenvalue weighted by Gasteiger charge is 2.57. The maximum Gasteiger partial charge on any atom is 0.128 e. The first kappa shape index (κ1) is 23.2. The van der Waals surface area contributed by atoms with Crippen LogP contribution < -0.4 is 5.32 Å². The van der Waals surface area contributed by atoms with Crippen LogP contribution in [-0.2, 0) is 0 Å². The molecule has 186 valence electrons. The van der Waals surface area contributed by atoms with Crippen LogP contribution in [0.5, 0.6) is 0 Å². The third kappa shape index (κ3) is 3.75. The molecular formula is C34H36N2Si. The average molecular weight is 501 g/mol. The van der Waals surface area contributed by atoms with E-state index < -0.39 is 8.24 Å². The van der Waals surface area contributed by atoms with Crippen molar-refractivity contribution < 1.29 is 0 Å². The van der Waals surface area contributed by atoms with Crippen LogP contribution in [0.15, 0.2) is 121 Å². The minimum absolute atomic E-state index is 0.333. The van der Waals surface area contributed by atoms with Crippen molar-refractivity contribution in [3.8, 4) is 11.1 Å². The van der Waals surface area contributed by atoms with Crippen molar-refractivity contribution in [2.24, 2.45) is 23.7 Å². The summed E-state index contributed by atoms with van der Waals surface area (Å²) in [5, 5.41) is 3.97. The van der Waals surface area contributed by atoms with Gasteiger partial charge >= 0.3 is 0 Å². The number of hydrogen-bond donors (Lipinski definition) is 1. The molecule has 1 heterocycles. The van der Waals surface area contributed by atoms with Crippen molar-refractivity contribution in [1.82, 2.24) is 9.88 Å². The zero-order chi connectivity index (χ0) is 25.0. The van der Waals surface area contributed by atoms with Crippen LogP contribution in [0.25, 0.3) is 16.7 Å². The largest absolute Gasteiger partial charge is 0.304 e. The van der Waals surface area contributed by atoms with Crippen LogP contribution >= 0.6 is 0 Å². The molecule has 2 nitrogen and oxygen atoms in total. The van der Waals surface area contributed by atoms with Gasteiger partial charge in [-0.2, -0.15) is 0 Å². The molecule has 2 aromatic rings. The van der Waals surface area contributed by atoms with Gasteiger partial charge in [0.1, 0.15) is 8.24 Å². The molecule has 7 rings (SSSR count). The van der Waals surface area contributed by atoms with E-state index in [2.05, 4.69) is 144 Å². The molecular weight excluding hydrogens is 464 g/mol. The predicted molar refractivity (Wildman–Crippen MR) is 158 cm³/mol. The zero-order valence-electron chi connectivity index (χ0n) is 21.7. The molecule has 1 N–H and O–H groups in total. The molecule has 0 spiro atoms. The number of fused-ring (bicyclic) bond motifs is 4. The SMILES string of the molecule is C[Si](C)(C1C2C=CC=CC2C2C=CC=CC21)N1CNC2C(c3cccc(-c4ccccc4)c3)=CC=C[C@H]21. The van der Waals surface area contributed by atoms with Crippen LogP contribution in [0.1, 0.15) is 5.56 Å². The van der Waals surface area contributed by atoms with Gasteiger partial charge in [0.05, 0.1) is 6.04 Å². The Morgan fingerprint density at radius 2 is 1.30 bits per heavy atom. The first-order valence-corrected chi connectivity index (χ1v) is 16.9. The third-order valence-electron chi connectivity index (χ3n) is 9.68. The van der Waals surface area contributed by atoms with E-state index >= 15 is 0 Å². The van der Waals surface area contributed by atoms with Gasteiger partial charge in [-0.3, -0.25) is 5.32 Å². The zero-order valence-corrected chi connectivity index (χ0v) is 22.7. The number of allylic oxidation sites excluding steroid dienone is 10. The normalized spacial score (nSPS) is 33.8. The number of rotatable bonds is 4. The summed E-state index contributed by atoms with van der Waals surface area (Å²) in [6, 6.07) is 20.6. The number of nitrogens with zero attached hydrogens (tertiary/aromatic N) is 1. The Balaban J connectivity index is 1.19. The van der Waals surface area contributed by atoms with Crippen molar-refractivity contribution in [3.05, 3.63) is 127 Å². The number of nitrogens with one attached hydrogen (secondary N) is 1. The van der Waals surface area contributed by atoms with E-state index in [4.69, 9.17) is 0 Å². The lowest BCUT2D eigenvalue weighted by molar-refractivity contribution is 0.409. The molecule has 2 fully saturated rings. The van der Waals surface area contributed by atoms with E-state index in [1.54, 1.807) is 0 Å². The third-order valence-corrected chi connectivity index (χ3v) is 14.0. The summed E-state index contributed by atoms with van der Waals surface area (Å²) in [6.45, 7) is 6.25. The van der Waals surface area contributed by atoms with Gasteiger partial charge in [0.2, 0.25) is 0 Å². The molecule has 37 heavy (non-hydrogen) atoms. The van der Waals surface area contributed by atoms with Gasteiger partial charge in [-0.25, -0.2) is 0 Å². The molecule has 6 atom stereocenters. The summed E-state index contributed by atoms with van der Waals surface area (Å²) in [5.74, 6) is 2.55. The Morgan fingerprint density at radius 3 is 2.00 bits per heavy atom. The monoisotopic (exact) mass is 500 g/mol. The minimum atomic E-state index is -1.83. The summed E-state index contributed by atoms with van der Waals surface area (Å²) in [6.07, 6.45) is 26.3. The maximum atomic E-state index is 3.97. The summed E-state index contributed by atoms with van der Waals surface area (Å²) in [7, 11) is -1.83. The van der Waals surface area contributed by atoms with E-state index in [1.165, 1.54) is 22.3 Å². The smallest absolute Gasteiger partial charge is 0.128 e. The summed E-state index contributed by atoms with van der Waals surface area (Å²) in [5.41, 5.74) is 6.01. The van der Waals surface area contributed by atoms with Crippen molar-refractivity contribution >= 4 is 13.8 Å². The van der Waals surface area contributed by atoms with Gasteiger partial charge in [-0.05, 0) is 57.5 Å². The van der Waals surface area contributed by atoms with Gasteiger partial charge in [0, 0.05) is 12.7 Å². The van der Waals surface area contributed by atoms with Gasteiger partial charge in [-0.15, -0.1) is 0 Å². The topological polar surface area (TPSA) is 15.3 Å². The molecule has 0 bridgehead atoms. The van der Waals surface area contributed by atoms with E-state index in [0.717, 1.165) is 6.67 Å². The van der Waals surface area contributed by atoms with Crippen LogP contribution in [0.3, 0.4) is 0 Å². The van der Waals surface area contributed by atoms with Gasteiger partial charge in [0.15, 0.2) is 0 Å². The summed E-state index contributed by atoms with van der Waals surface area (Å²) in [4.78, 5) is 0. The highest BCUT2D eigenvalue weighted by molar-refractivity contribution is 6.76. The molecule has 1 aliphatic heterocycles. The second-order valence-corrected chi connectivity index (χ2v) is 16.3. The van der Waals surface area contributed by atoms with Crippen molar-refractivity contribution in [3.63, 3.8) is 0 Å². The van der Waals surface area contributed by atoms with Crippen LogP contribution in [0.4, 0.5) is 0 Å². The highest BCUT2D eigenvalue weighted by Crippen LogP contribution is 2.59. The Labute approximate surface area is 222 Å². The molecule has 4 aliphatic carbocycles. The van der Waals surface area contributed by atoms with Crippen LogP contribution in [0, 0.1) is 23.7 Å². The molecule has 0 aromatic heterocycles. The Morgan fingerprint density at radius 1 is 0.676 bits per heavy atom. The van der Waals surface area contributed by atoms with E-state index in [0.29, 0.717) is 41.3 Å². The fourth-order valence-corrected chi connectivity index (χ4v) is 12.5. The summed E-state index contributed by atoms with van der Waals surface area (Å²) >= 11 is 0. The minimum Gasteiger partial charge on any atom is -0.304 e. The van der Waals surface area contributed by atoms with Crippen molar-refractivity contribution in [1.29, 1.82) is 0 Å². The molecule has 5 unspecified atom stereocenters. The Hall–Kier alpha value is -2.98. The summed E-state index contributed by atoms with van der Waals surface area (Å²) < 4.78 is 2.89. The van der Waals surface area contributed by atoms with Gasteiger partial charge < -0.3 is 4.57 Å². The van der Waals surface area contributed by atoms with Gasteiger partial charge in [-0.1, -0.05) is 128 Å². The molecule has 5 aliphatic rings. The van der Waals surface area contributed by atoms with E-state index in [9.17, 15) is 0 Å². The molecule has 1 saturated heterocycles.